The lowest BCUT2D eigenvalue weighted by atomic mass is 10.1. The molecule has 3 nitrogen and oxygen atoms in total. The van der Waals surface area contributed by atoms with Crippen molar-refractivity contribution in [3.63, 3.8) is 0 Å². The summed E-state index contributed by atoms with van der Waals surface area (Å²) < 4.78 is 1.85. The third-order valence-electron chi connectivity index (χ3n) is 1.51. The SMILES string of the molecule is CC(C)(C)NC(=O)Cn1cccc1. The Morgan fingerprint density at radius 2 is 1.85 bits per heavy atom. The monoisotopic (exact) mass is 180 g/mol. The van der Waals surface area contributed by atoms with Crippen molar-refractivity contribution >= 4 is 5.91 Å². The van der Waals surface area contributed by atoms with Gasteiger partial charge in [0, 0.05) is 17.9 Å². The summed E-state index contributed by atoms with van der Waals surface area (Å²) in [5.41, 5.74) is -0.149. The van der Waals surface area contributed by atoms with Gasteiger partial charge in [0.05, 0.1) is 0 Å². The Hall–Kier alpha value is -1.25. The van der Waals surface area contributed by atoms with E-state index in [1.54, 1.807) is 0 Å². The lowest BCUT2D eigenvalue weighted by molar-refractivity contribution is -0.123. The first-order valence-electron chi connectivity index (χ1n) is 4.39. The second-order valence-electron chi connectivity index (χ2n) is 4.15. The number of carbonyl (C=O) groups is 1. The van der Waals surface area contributed by atoms with Gasteiger partial charge in [-0.2, -0.15) is 0 Å². The fourth-order valence-electron chi connectivity index (χ4n) is 1.10. The number of hydrogen-bond acceptors (Lipinski definition) is 1. The number of nitrogens with zero attached hydrogens (tertiary/aromatic N) is 1. The van der Waals surface area contributed by atoms with E-state index in [-0.39, 0.29) is 11.4 Å². The number of rotatable bonds is 2. The Bertz CT molecular complexity index is 270. The van der Waals surface area contributed by atoms with Crippen LogP contribution in [0.15, 0.2) is 24.5 Å². The maximum Gasteiger partial charge on any atom is 0.240 e. The van der Waals surface area contributed by atoms with Gasteiger partial charge in [-0.25, -0.2) is 0 Å². The average Bonchev–Trinajstić information content (AvgIpc) is 2.34. The molecule has 3 heteroatoms. The van der Waals surface area contributed by atoms with Gasteiger partial charge in [0.15, 0.2) is 0 Å². The summed E-state index contributed by atoms with van der Waals surface area (Å²) in [7, 11) is 0. The molecule has 0 radical (unpaired) electrons. The van der Waals surface area contributed by atoms with E-state index in [2.05, 4.69) is 5.32 Å². The zero-order valence-electron chi connectivity index (χ0n) is 8.37. The highest BCUT2D eigenvalue weighted by Crippen LogP contribution is 1.99. The van der Waals surface area contributed by atoms with E-state index < -0.39 is 0 Å². The van der Waals surface area contributed by atoms with Gasteiger partial charge in [-0.3, -0.25) is 4.79 Å². The minimum absolute atomic E-state index is 0.0451. The van der Waals surface area contributed by atoms with Crippen LogP contribution in [0, 0.1) is 0 Å². The normalized spacial score (nSPS) is 11.3. The van der Waals surface area contributed by atoms with Crippen LogP contribution in [0.25, 0.3) is 0 Å². The largest absolute Gasteiger partial charge is 0.350 e. The van der Waals surface area contributed by atoms with Gasteiger partial charge in [-0.15, -0.1) is 0 Å². The third kappa shape index (κ3) is 3.78. The van der Waals surface area contributed by atoms with Crippen LogP contribution in [0.2, 0.25) is 0 Å². The molecule has 1 heterocycles. The van der Waals surface area contributed by atoms with Crippen LogP contribution in [0.5, 0.6) is 0 Å². The summed E-state index contributed by atoms with van der Waals surface area (Å²) in [6, 6.07) is 3.81. The molecule has 0 saturated heterocycles. The van der Waals surface area contributed by atoms with Gasteiger partial charge >= 0.3 is 0 Å². The molecule has 0 bridgehead atoms. The first-order valence-corrected chi connectivity index (χ1v) is 4.39. The molecule has 0 aliphatic rings. The molecule has 0 spiro atoms. The summed E-state index contributed by atoms with van der Waals surface area (Å²) >= 11 is 0. The molecule has 0 saturated carbocycles. The molecule has 1 N–H and O–H groups in total. The predicted molar refractivity (Wildman–Crippen MR) is 52.3 cm³/mol. The van der Waals surface area contributed by atoms with Crippen LogP contribution in [-0.4, -0.2) is 16.0 Å². The van der Waals surface area contributed by atoms with Gasteiger partial charge in [0.1, 0.15) is 6.54 Å². The van der Waals surface area contributed by atoms with Crippen LogP contribution in [0.4, 0.5) is 0 Å². The van der Waals surface area contributed by atoms with Crippen LogP contribution >= 0.6 is 0 Å². The van der Waals surface area contributed by atoms with Gasteiger partial charge in [0.2, 0.25) is 5.91 Å². The number of hydrogen-bond donors (Lipinski definition) is 1. The molecule has 0 atom stereocenters. The van der Waals surface area contributed by atoms with Crippen molar-refractivity contribution in [3.05, 3.63) is 24.5 Å². The van der Waals surface area contributed by atoms with Crippen molar-refractivity contribution in [2.75, 3.05) is 0 Å². The molecule has 0 unspecified atom stereocenters. The number of carbonyl (C=O) groups excluding carboxylic acids is 1. The molecule has 0 fully saturated rings. The quantitative estimate of drug-likeness (QED) is 0.733. The zero-order valence-corrected chi connectivity index (χ0v) is 8.37. The summed E-state index contributed by atoms with van der Waals surface area (Å²) in [6.07, 6.45) is 3.75. The summed E-state index contributed by atoms with van der Waals surface area (Å²) in [5, 5.41) is 2.90. The maximum atomic E-state index is 11.4. The maximum absolute atomic E-state index is 11.4. The fourth-order valence-corrected chi connectivity index (χ4v) is 1.10. The molecular formula is C10H16N2O. The van der Waals surface area contributed by atoms with E-state index in [0.717, 1.165) is 0 Å². The summed E-state index contributed by atoms with van der Waals surface area (Å²) in [4.78, 5) is 11.4. The smallest absolute Gasteiger partial charge is 0.240 e. The molecule has 1 rings (SSSR count). The van der Waals surface area contributed by atoms with Crippen molar-refractivity contribution in [3.8, 4) is 0 Å². The van der Waals surface area contributed by atoms with Crippen LogP contribution in [-0.2, 0) is 11.3 Å². The minimum atomic E-state index is -0.149. The molecule has 0 aromatic carbocycles. The highest BCUT2D eigenvalue weighted by molar-refractivity contribution is 5.76. The van der Waals surface area contributed by atoms with E-state index in [9.17, 15) is 4.79 Å². The summed E-state index contributed by atoms with van der Waals surface area (Å²) in [5.74, 6) is 0.0451. The van der Waals surface area contributed by atoms with Gasteiger partial charge in [-0.1, -0.05) is 0 Å². The van der Waals surface area contributed by atoms with Crippen molar-refractivity contribution in [1.29, 1.82) is 0 Å². The van der Waals surface area contributed by atoms with Crippen LogP contribution in [0.1, 0.15) is 20.8 Å². The Morgan fingerprint density at radius 3 is 2.31 bits per heavy atom. The zero-order chi connectivity index (χ0) is 9.90. The van der Waals surface area contributed by atoms with Crippen molar-refractivity contribution < 1.29 is 4.79 Å². The van der Waals surface area contributed by atoms with Crippen LogP contribution in [0.3, 0.4) is 0 Å². The molecule has 1 aromatic rings. The second-order valence-corrected chi connectivity index (χ2v) is 4.15. The molecule has 0 aliphatic carbocycles. The molecule has 1 aromatic heterocycles. The highest BCUT2D eigenvalue weighted by Gasteiger charge is 2.13. The lowest BCUT2D eigenvalue weighted by Gasteiger charge is -2.20. The Labute approximate surface area is 78.8 Å². The molecule has 13 heavy (non-hydrogen) atoms. The highest BCUT2D eigenvalue weighted by atomic mass is 16.2. The minimum Gasteiger partial charge on any atom is -0.350 e. The van der Waals surface area contributed by atoms with E-state index in [4.69, 9.17) is 0 Å². The van der Waals surface area contributed by atoms with Gasteiger partial charge < -0.3 is 9.88 Å². The first kappa shape index (κ1) is 9.84. The van der Waals surface area contributed by atoms with E-state index in [0.29, 0.717) is 6.54 Å². The molecule has 1 amide bonds. The Morgan fingerprint density at radius 1 is 1.31 bits per heavy atom. The molecule has 72 valence electrons. The Balaban J connectivity index is 2.43. The standard InChI is InChI=1S/C10H16N2O/c1-10(2,3)11-9(13)8-12-6-4-5-7-12/h4-7H,8H2,1-3H3,(H,11,13). The van der Waals surface area contributed by atoms with Gasteiger partial charge in [0.25, 0.3) is 0 Å². The van der Waals surface area contributed by atoms with Crippen molar-refractivity contribution in [1.82, 2.24) is 9.88 Å². The first-order chi connectivity index (χ1) is 5.97. The second kappa shape index (κ2) is 3.64. The third-order valence-corrected chi connectivity index (χ3v) is 1.51. The topological polar surface area (TPSA) is 34.0 Å². The summed E-state index contributed by atoms with van der Waals surface area (Å²) in [6.45, 7) is 6.31. The molecule has 0 aliphatic heterocycles. The van der Waals surface area contributed by atoms with Crippen molar-refractivity contribution in [2.45, 2.75) is 32.9 Å². The van der Waals surface area contributed by atoms with Gasteiger partial charge in [-0.05, 0) is 32.9 Å². The lowest BCUT2D eigenvalue weighted by Crippen LogP contribution is -2.42. The van der Waals surface area contributed by atoms with Crippen molar-refractivity contribution in [2.24, 2.45) is 0 Å². The number of nitrogens with one attached hydrogen (secondary N) is 1. The average molecular weight is 180 g/mol. The predicted octanol–water partition coefficient (Wildman–Crippen LogP) is 1.40. The van der Waals surface area contributed by atoms with E-state index >= 15 is 0 Å². The van der Waals surface area contributed by atoms with E-state index in [1.807, 2.05) is 49.9 Å². The van der Waals surface area contributed by atoms with E-state index in [1.165, 1.54) is 0 Å². The fraction of sp³-hybridized carbons (Fsp3) is 0.500. The number of amides is 1. The number of aromatic nitrogens is 1. The Kier molecular flexibility index (Phi) is 2.76. The van der Waals surface area contributed by atoms with Crippen LogP contribution < -0.4 is 5.32 Å². The molecular weight excluding hydrogens is 164 g/mol.